The molecule has 0 spiro atoms. The number of nitrogens with zero attached hydrogens (tertiary/aromatic N) is 1. The maximum absolute atomic E-state index is 5.11. The van der Waals surface area contributed by atoms with Crippen molar-refractivity contribution in [2.45, 2.75) is 33.1 Å². The lowest BCUT2D eigenvalue weighted by molar-refractivity contribution is 0.141. The summed E-state index contributed by atoms with van der Waals surface area (Å²) >= 11 is 0. The van der Waals surface area contributed by atoms with Crippen molar-refractivity contribution < 1.29 is 4.84 Å². The van der Waals surface area contributed by atoms with Crippen LogP contribution in [0.2, 0.25) is 0 Å². The van der Waals surface area contributed by atoms with Gasteiger partial charge in [0, 0.05) is 5.56 Å². The molecule has 0 saturated carbocycles. The molecule has 0 aromatic heterocycles. The Bertz CT molecular complexity index is 307. The molecule has 0 heterocycles. The van der Waals surface area contributed by atoms with E-state index in [1.54, 1.807) is 0 Å². The minimum absolute atomic E-state index is 0.687. The lowest BCUT2D eigenvalue weighted by Crippen LogP contribution is -1.90. The second-order valence-corrected chi connectivity index (χ2v) is 3.56. The second kappa shape index (κ2) is 7.04. The number of unbranched alkanes of at least 4 members (excludes halogenated alkanes) is 2. The van der Waals surface area contributed by atoms with Crippen molar-refractivity contribution in [1.82, 2.24) is 0 Å². The van der Waals surface area contributed by atoms with Crippen molar-refractivity contribution in [3.63, 3.8) is 0 Å². The number of hydrogen-bond acceptors (Lipinski definition) is 2. The normalized spacial score (nSPS) is 10.8. The van der Waals surface area contributed by atoms with Gasteiger partial charge in [0.2, 0.25) is 0 Å². The van der Waals surface area contributed by atoms with Crippen LogP contribution in [0.15, 0.2) is 29.4 Å². The van der Waals surface area contributed by atoms with Crippen molar-refractivity contribution in [1.29, 1.82) is 0 Å². The molecular weight excluding hydrogens is 186 g/mol. The molecule has 2 nitrogen and oxygen atoms in total. The molecule has 0 atom stereocenters. The van der Waals surface area contributed by atoms with Gasteiger partial charge in [0.05, 0.1) is 0 Å². The van der Waals surface area contributed by atoms with Crippen molar-refractivity contribution >= 4 is 6.21 Å². The summed E-state index contributed by atoms with van der Waals surface area (Å²) in [6.07, 6.45) is 6.35. The van der Waals surface area contributed by atoms with Gasteiger partial charge < -0.3 is 4.84 Å². The topological polar surface area (TPSA) is 21.6 Å². The maximum Gasteiger partial charge on any atom is 0.139 e. The highest BCUT2D eigenvalue weighted by Gasteiger charge is 1.92. The van der Waals surface area contributed by atoms with E-state index >= 15 is 0 Å². The van der Waals surface area contributed by atoms with Gasteiger partial charge in [-0.05, 0) is 18.9 Å². The van der Waals surface area contributed by atoms with Gasteiger partial charge in [-0.25, -0.2) is 0 Å². The number of aryl methyl sites for hydroxylation is 1. The second-order valence-electron chi connectivity index (χ2n) is 3.56. The molecule has 2 heteroatoms. The van der Waals surface area contributed by atoms with Crippen LogP contribution in [0.3, 0.4) is 0 Å². The van der Waals surface area contributed by atoms with Crippen LogP contribution in [0.5, 0.6) is 0 Å². The summed E-state index contributed by atoms with van der Waals surface area (Å²) in [6, 6.07) is 7.99. The fraction of sp³-hybridized carbons (Fsp3) is 0.462. The fourth-order valence-electron chi connectivity index (χ4n) is 1.24. The monoisotopic (exact) mass is 204 g/mol. The van der Waals surface area contributed by atoms with Crippen molar-refractivity contribution in [3.8, 4) is 0 Å². The standard InChI is InChI=1S/C13H18NO/c1-3-4-7-10-15-14-11-13-9-6-5-8-12(13)2/h5-6,8-9H,3-4,7,10H2,1-2H3. The molecule has 15 heavy (non-hydrogen) atoms. The molecule has 81 valence electrons. The van der Waals surface area contributed by atoms with E-state index in [0.29, 0.717) is 6.61 Å². The average Bonchev–Trinajstić information content (AvgIpc) is 2.25. The van der Waals surface area contributed by atoms with Crippen molar-refractivity contribution in [3.05, 3.63) is 35.4 Å². The van der Waals surface area contributed by atoms with Crippen LogP contribution in [-0.4, -0.2) is 12.8 Å². The summed E-state index contributed by atoms with van der Waals surface area (Å²) in [7, 11) is 0. The third-order valence-corrected chi connectivity index (χ3v) is 2.21. The molecular formula is C13H18NO. The van der Waals surface area contributed by atoms with Crippen LogP contribution in [0, 0.1) is 6.92 Å². The molecule has 1 aromatic rings. The van der Waals surface area contributed by atoms with E-state index in [9.17, 15) is 0 Å². The van der Waals surface area contributed by atoms with Crippen LogP contribution < -0.4 is 0 Å². The summed E-state index contributed by atoms with van der Waals surface area (Å²) in [5, 5.41) is 3.82. The molecule has 0 fully saturated rings. The molecule has 0 aliphatic carbocycles. The zero-order valence-electron chi connectivity index (χ0n) is 9.49. The Labute approximate surface area is 91.9 Å². The first-order valence-corrected chi connectivity index (χ1v) is 5.48. The van der Waals surface area contributed by atoms with Crippen LogP contribution in [0.25, 0.3) is 0 Å². The van der Waals surface area contributed by atoms with Gasteiger partial charge in [0.25, 0.3) is 0 Å². The highest BCUT2D eigenvalue weighted by atomic mass is 16.6. The number of rotatable bonds is 6. The minimum Gasteiger partial charge on any atom is -0.395 e. The SMILES string of the molecule is CCCCCO/N=[C]/c1ccccc1C. The molecule has 1 rings (SSSR count). The summed E-state index contributed by atoms with van der Waals surface area (Å²) < 4.78 is 0. The molecule has 0 N–H and O–H groups in total. The van der Waals surface area contributed by atoms with Gasteiger partial charge >= 0.3 is 0 Å². The highest BCUT2D eigenvalue weighted by Crippen LogP contribution is 2.03. The first-order valence-electron chi connectivity index (χ1n) is 5.48. The Balaban J connectivity index is 2.29. The molecule has 0 bridgehead atoms. The van der Waals surface area contributed by atoms with Gasteiger partial charge in [-0.1, -0.05) is 49.2 Å². The van der Waals surface area contributed by atoms with E-state index in [1.807, 2.05) is 31.2 Å². The zero-order chi connectivity index (χ0) is 10.9. The smallest absolute Gasteiger partial charge is 0.139 e. The van der Waals surface area contributed by atoms with Gasteiger partial charge in [0.1, 0.15) is 12.8 Å². The Morgan fingerprint density at radius 3 is 2.80 bits per heavy atom. The molecule has 0 amide bonds. The molecule has 1 radical (unpaired) electrons. The van der Waals surface area contributed by atoms with E-state index in [2.05, 4.69) is 18.3 Å². The van der Waals surface area contributed by atoms with Crippen LogP contribution >= 0.6 is 0 Å². The lowest BCUT2D eigenvalue weighted by atomic mass is 10.1. The Morgan fingerprint density at radius 1 is 1.27 bits per heavy atom. The summed E-state index contributed by atoms with van der Waals surface area (Å²) in [6.45, 7) is 4.89. The number of hydrogen-bond donors (Lipinski definition) is 0. The van der Waals surface area contributed by atoms with Crippen LogP contribution in [0.1, 0.15) is 37.3 Å². The molecule has 0 saturated heterocycles. The highest BCUT2D eigenvalue weighted by molar-refractivity contribution is 5.80. The molecule has 0 aliphatic heterocycles. The quantitative estimate of drug-likeness (QED) is 0.395. The van der Waals surface area contributed by atoms with Gasteiger partial charge in [0.15, 0.2) is 0 Å². The summed E-state index contributed by atoms with van der Waals surface area (Å²) in [5.74, 6) is 0. The van der Waals surface area contributed by atoms with Crippen LogP contribution in [-0.2, 0) is 4.84 Å². The first-order chi connectivity index (χ1) is 7.34. The summed E-state index contributed by atoms with van der Waals surface area (Å²) in [5.41, 5.74) is 2.16. The molecule has 0 aliphatic rings. The average molecular weight is 204 g/mol. The molecule has 1 aromatic carbocycles. The summed E-state index contributed by atoms with van der Waals surface area (Å²) in [4.78, 5) is 5.11. The third-order valence-electron chi connectivity index (χ3n) is 2.21. The van der Waals surface area contributed by atoms with Crippen molar-refractivity contribution in [2.24, 2.45) is 5.16 Å². The largest absolute Gasteiger partial charge is 0.395 e. The fourth-order valence-corrected chi connectivity index (χ4v) is 1.24. The van der Waals surface area contributed by atoms with Gasteiger partial charge in [-0.3, -0.25) is 0 Å². The predicted molar refractivity (Wildman–Crippen MR) is 63.2 cm³/mol. The molecule has 0 unspecified atom stereocenters. The van der Waals surface area contributed by atoms with Crippen molar-refractivity contribution in [2.75, 3.05) is 6.61 Å². The van der Waals surface area contributed by atoms with E-state index in [0.717, 1.165) is 12.0 Å². The Hall–Kier alpha value is -1.31. The lowest BCUT2D eigenvalue weighted by Gasteiger charge is -1.98. The van der Waals surface area contributed by atoms with E-state index < -0.39 is 0 Å². The van der Waals surface area contributed by atoms with Gasteiger partial charge in [-0.2, -0.15) is 0 Å². The van der Waals surface area contributed by atoms with E-state index in [4.69, 9.17) is 4.84 Å². The third kappa shape index (κ3) is 4.63. The van der Waals surface area contributed by atoms with Gasteiger partial charge in [-0.15, -0.1) is 0 Å². The Morgan fingerprint density at radius 2 is 2.07 bits per heavy atom. The first kappa shape index (κ1) is 11.8. The maximum atomic E-state index is 5.11. The van der Waals surface area contributed by atoms with E-state index in [1.165, 1.54) is 18.4 Å². The van der Waals surface area contributed by atoms with E-state index in [-0.39, 0.29) is 0 Å². The Kier molecular flexibility index (Phi) is 5.52. The minimum atomic E-state index is 0.687. The number of benzene rings is 1. The predicted octanol–water partition coefficient (Wildman–Crippen LogP) is 3.41. The zero-order valence-corrected chi connectivity index (χ0v) is 9.49. The van der Waals surface area contributed by atoms with Crippen LogP contribution in [0.4, 0.5) is 0 Å².